The Kier molecular flexibility index (Phi) is 5.98. The fraction of sp³-hybridized carbons (Fsp3) is 0. The third-order valence-corrected chi connectivity index (χ3v) is 10.2. The Morgan fingerprint density at radius 1 is 0.188 bits per heavy atom. The topological polar surface area (TPSA) is 0 Å². The predicted molar refractivity (Wildman–Crippen MR) is 208 cm³/mol. The van der Waals surface area contributed by atoms with E-state index in [1.54, 1.807) is 0 Å². The molecule has 0 nitrogen and oxygen atoms in total. The lowest BCUT2D eigenvalue weighted by atomic mass is 9.84. The molecule has 0 amide bonds. The van der Waals surface area contributed by atoms with Gasteiger partial charge in [-0.05, 0) is 116 Å². The van der Waals surface area contributed by atoms with Crippen molar-refractivity contribution in [2.45, 2.75) is 0 Å². The molecule has 0 atom stereocenters. The van der Waals surface area contributed by atoms with Crippen molar-refractivity contribution >= 4 is 64.6 Å². The second-order valence-electron chi connectivity index (χ2n) is 12.9. The zero-order valence-corrected chi connectivity index (χ0v) is 26.3. The molecule has 10 aromatic carbocycles. The van der Waals surface area contributed by atoms with Crippen LogP contribution in [0.3, 0.4) is 0 Å². The smallest absolute Gasteiger partial charge is 0.00259 e. The fourth-order valence-corrected chi connectivity index (χ4v) is 7.95. The molecule has 0 aromatic heterocycles. The molecule has 0 aliphatic carbocycles. The minimum absolute atomic E-state index is 1.22. The maximum absolute atomic E-state index is 2.41. The van der Waals surface area contributed by atoms with E-state index in [2.05, 4.69) is 182 Å². The molecular weight excluding hydrogens is 577 g/mol. The van der Waals surface area contributed by atoms with Gasteiger partial charge >= 0.3 is 0 Å². The van der Waals surface area contributed by atoms with Crippen molar-refractivity contribution in [1.82, 2.24) is 0 Å². The van der Waals surface area contributed by atoms with Crippen molar-refractivity contribution in [3.05, 3.63) is 182 Å². The van der Waals surface area contributed by atoms with Crippen LogP contribution in [-0.4, -0.2) is 0 Å². The first-order valence-corrected chi connectivity index (χ1v) is 16.7. The number of fused-ring (bicyclic) bond motifs is 8. The van der Waals surface area contributed by atoms with Crippen molar-refractivity contribution in [2.24, 2.45) is 0 Å². The van der Waals surface area contributed by atoms with E-state index in [0.717, 1.165) is 0 Å². The SMILES string of the molecule is c1ccc(-c2ccc3c(-c4ccc5c(ccc6ccccc65)c4)c4ccccc4c(-c4ccc5c(ccc6ccccc65)c4)c3c2)cc1. The average Bonchev–Trinajstić information content (AvgIpc) is 3.16. The molecule has 10 rings (SSSR count). The second-order valence-corrected chi connectivity index (χ2v) is 12.9. The Labute approximate surface area is 279 Å². The lowest BCUT2D eigenvalue weighted by molar-refractivity contribution is 1.64. The summed E-state index contributed by atoms with van der Waals surface area (Å²) in [7, 11) is 0. The van der Waals surface area contributed by atoms with Crippen LogP contribution in [0.25, 0.3) is 98.0 Å². The lowest BCUT2D eigenvalue weighted by Crippen LogP contribution is -1.92. The van der Waals surface area contributed by atoms with Gasteiger partial charge in [0.05, 0.1) is 0 Å². The minimum Gasteiger partial charge on any atom is -0.0622 e. The molecule has 0 saturated heterocycles. The Hall–Kier alpha value is -6.24. The summed E-state index contributed by atoms with van der Waals surface area (Å²) < 4.78 is 0. The Bertz CT molecular complexity index is 2880. The van der Waals surface area contributed by atoms with Gasteiger partial charge in [-0.15, -0.1) is 0 Å². The highest BCUT2D eigenvalue weighted by atomic mass is 14.2. The van der Waals surface area contributed by atoms with E-state index in [1.807, 2.05) is 0 Å². The van der Waals surface area contributed by atoms with E-state index < -0.39 is 0 Å². The van der Waals surface area contributed by atoms with Gasteiger partial charge in [-0.2, -0.15) is 0 Å². The molecule has 0 heterocycles. The van der Waals surface area contributed by atoms with Crippen molar-refractivity contribution in [3.63, 3.8) is 0 Å². The van der Waals surface area contributed by atoms with E-state index in [1.165, 1.54) is 98.0 Å². The Morgan fingerprint density at radius 2 is 0.583 bits per heavy atom. The summed E-state index contributed by atoms with van der Waals surface area (Å²) in [6.07, 6.45) is 0. The first-order chi connectivity index (χ1) is 23.8. The third-order valence-electron chi connectivity index (χ3n) is 10.2. The summed E-state index contributed by atoms with van der Waals surface area (Å²) in [5.41, 5.74) is 7.49. The summed E-state index contributed by atoms with van der Waals surface area (Å²) >= 11 is 0. The van der Waals surface area contributed by atoms with Crippen LogP contribution in [0.4, 0.5) is 0 Å². The maximum atomic E-state index is 2.41. The summed E-state index contributed by atoms with van der Waals surface area (Å²) in [5.74, 6) is 0. The van der Waals surface area contributed by atoms with Crippen LogP contribution in [0.1, 0.15) is 0 Å². The highest BCUT2D eigenvalue weighted by Crippen LogP contribution is 2.46. The highest BCUT2D eigenvalue weighted by molar-refractivity contribution is 6.23. The van der Waals surface area contributed by atoms with Crippen molar-refractivity contribution < 1.29 is 0 Å². The molecule has 0 bridgehead atoms. The van der Waals surface area contributed by atoms with E-state index in [0.29, 0.717) is 0 Å². The standard InChI is InChI=1S/C48H30/c1-2-10-31(11-3-1)34-22-27-45-46(30-34)48(38-24-26-42-36(29-38)21-19-33-13-5-7-15-40(33)42)44-17-9-8-16-43(44)47(45)37-23-25-41-35(28-37)20-18-32-12-4-6-14-39(32)41/h1-30H. The number of rotatable bonds is 3. The summed E-state index contributed by atoms with van der Waals surface area (Å²) in [6.45, 7) is 0. The van der Waals surface area contributed by atoms with Crippen LogP contribution < -0.4 is 0 Å². The van der Waals surface area contributed by atoms with Gasteiger partial charge in [-0.25, -0.2) is 0 Å². The first kappa shape index (κ1) is 26.9. The van der Waals surface area contributed by atoms with E-state index in [-0.39, 0.29) is 0 Å². The molecule has 0 aliphatic rings. The van der Waals surface area contributed by atoms with Gasteiger partial charge < -0.3 is 0 Å². The van der Waals surface area contributed by atoms with Gasteiger partial charge in [-0.1, -0.05) is 164 Å². The lowest BCUT2D eigenvalue weighted by Gasteiger charge is -2.19. The minimum atomic E-state index is 1.22. The number of benzene rings is 10. The molecule has 222 valence electrons. The molecule has 0 fully saturated rings. The van der Waals surface area contributed by atoms with Crippen LogP contribution in [0.5, 0.6) is 0 Å². The molecule has 48 heavy (non-hydrogen) atoms. The van der Waals surface area contributed by atoms with E-state index in [4.69, 9.17) is 0 Å². The third kappa shape index (κ3) is 4.16. The molecule has 0 radical (unpaired) electrons. The molecule has 10 aromatic rings. The van der Waals surface area contributed by atoms with Gasteiger partial charge in [0.2, 0.25) is 0 Å². The molecule has 0 spiro atoms. The van der Waals surface area contributed by atoms with Crippen molar-refractivity contribution in [1.29, 1.82) is 0 Å². The van der Waals surface area contributed by atoms with Crippen LogP contribution in [0, 0.1) is 0 Å². The van der Waals surface area contributed by atoms with Crippen LogP contribution in [-0.2, 0) is 0 Å². The normalized spacial score (nSPS) is 11.8. The molecule has 0 N–H and O–H groups in total. The van der Waals surface area contributed by atoms with Gasteiger partial charge in [-0.3, -0.25) is 0 Å². The Balaban J connectivity index is 1.29. The van der Waals surface area contributed by atoms with E-state index >= 15 is 0 Å². The summed E-state index contributed by atoms with van der Waals surface area (Å²) in [6, 6.07) is 67.2. The number of hydrogen-bond donors (Lipinski definition) is 0. The van der Waals surface area contributed by atoms with Gasteiger partial charge in [0.15, 0.2) is 0 Å². The van der Waals surface area contributed by atoms with Crippen LogP contribution >= 0.6 is 0 Å². The van der Waals surface area contributed by atoms with Crippen LogP contribution in [0.15, 0.2) is 182 Å². The largest absolute Gasteiger partial charge is 0.0622 e. The zero-order valence-electron chi connectivity index (χ0n) is 26.3. The second kappa shape index (κ2) is 10.7. The fourth-order valence-electron chi connectivity index (χ4n) is 7.95. The summed E-state index contributed by atoms with van der Waals surface area (Å²) in [5, 5.41) is 15.3. The van der Waals surface area contributed by atoms with Gasteiger partial charge in [0, 0.05) is 0 Å². The van der Waals surface area contributed by atoms with Gasteiger partial charge in [0.25, 0.3) is 0 Å². The highest BCUT2D eigenvalue weighted by Gasteiger charge is 2.18. The maximum Gasteiger partial charge on any atom is -0.00259 e. The predicted octanol–water partition coefficient (Wildman–Crippen LogP) is 13.6. The Morgan fingerprint density at radius 3 is 1.17 bits per heavy atom. The molecule has 0 heteroatoms. The van der Waals surface area contributed by atoms with Crippen molar-refractivity contribution in [2.75, 3.05) is 0 Å². The summed E-state index contributed by atoms with van der Waals surface area (Å²) in [4.78, 5) is 0. The molecule has 0 unspecified atom stereocenters. The van der Waals surface area contributed by atoms with Gasteiger partial charge in [0.1, 0.15) is 0 Å². The average molecular weight is 607 g/mol. The zero-order chi connectivity index (χ0) is 31.6. The van der Waals surface area contributed by atoms with Crippen LogP contribution in [0.2, 0.25) is 0 Å². The molecular formula is C48H30. The molecule has 0 aliphatic heterocycles. The number of hydrogen-bond acceptors (Lipinski definition) is 0. The monoisotopic (exact) mass is 606 g/mol. The quantitative estimate of drug-likeness (QED) is 0.139. The van der Waals surface area contributed by atoms with Crippen molar-refractivity contribution in [3.8, 4) is 33.4 Å². The molecule has 0 saturated carbocycles. The van der Waals surface area contributed by atoms with E-state index in [9.17, 15) is 0 Å². The first-order valence-electron chi connectivity index (χ1n) is 16.7.